The second-order valence-electron chi connectivity index (χ2n) is 21.0. The topological polar surface area (TPSA) is 105 Å². The van der Waals surface area contributed by atoms with E-state index < -0.39 is 20.0 Å². The zero-order valence-corrected chi connectivity index (χ0v) is 49.6. The van der Waals surface area contributed by atoms with Gasteiger partial charge in [-0.25, -0.2) is 4.57 Å². The van der Waals surface area contributed by atoms with E-state index in [1.807, 2.05) is 27.2 Å². The van der Waals surface area contributed by atoms with E-state index in [1.165, 1.54) is 116 Å². The number of hydrogen-bond acceptors (Lipinski definition) is 5. The number of carbonyl (C=O) groups excluding carboxylic acids is 1. The average Bonchev–Trinajstić information content (AvgIpc) is 3.37. The van der Waals surface area contributed by atoms with Crippen LogP contribution in [0.4, 0.5) is 0 Å². The van der Waals surface area contributed by atoms with Gasteiger partial charge in [-0.2, -0.15) is 0 Å². The highest BCUT2D eigenvalue weighted by Crippen LogP contribution is 2.43. The third-order valence-electron chi connectivity index (χ3n) is 12.6. The van der Waals surface area contributed by atoms with Crippen molar-refractivity contribution in [2.45, 2.75) is 238 Å². The van der Waals surface area contributed by atoms with Crippen molar-refractivity contribution in [3.05, 3.63) is 134 Å². The Balaban J connectivity index is 4.40. The van der Waals surface area contributed by atoms with E-state index in [4.69, 9.17) is 9.05 Å². The maximum atomic E-state index is 13.0. The summed E-state index contributed by atoms with van der Waals surface area (Å²) in [4.78, 5) is 23.3. The number of likely N-dealkylation sites (N-methyl/N-ethyl adjacent to an activating group) is 1. The summed E-state index contributed by atoms with van der Waals surface area (Å²) in [5, 5.41) is 13.9. The maximum absolute atomic E-state index is 13.0. The Kier molecular flexibility index (Phi) is 52.9. The number of phosphoric acid groups is 1. The lowest BCUT2D eigenvalue weighted by atomic mass is 10.0. The molecule has 1 amide bonds. The highest BCUT2D eigenvalue weighted by molar-refractivity contribution is 7.47. The van der Waals surface area contributed by atoms with Crippen LogP contribution in [0.2, 0.25) is 0 Å². The van der Waals surface area contributed by atoms with Crippen molar-refractivity contribution in [1.82, 2.24) is 5.32 Å². The molecule has 0 saturated heterocycles. The summed E-state index contributed by atoms with van der Waals surface area (Å²) in [6.45, 7) is 4.63. The molecule has 0 heterocycles. The van der Waals surface area contributed by atoms with Gasteiger partial charge in [0.25, 0.3) is 0 Å². The third-order valence-corrected chi connectivity index (χ3v) is 13.6. The fourth-order valence-corrected chi connectivity index (χ4v) is 8.68. The van der Waals surface area contributed by atoms with Crippen LogP contribution in [0.5, 0.6) is 0 Å². The molecule has 0 rings (SSSR count). The first kappa shape index (κ1) is 71.6. The molecular weight excluding hydrogens is 948 g/mol. The Hall–Kier alpha value is -3.36. The number of amides is 1. The summed E-state index contributed by atoms with van der Waals surface area (Å²) >= 11 is 0. The predicted molar refractivity (Wildman–Crippen MR) is 327 cm³/mol. The lowest BCUT2D eigenvalue weighted by Crippen LogP contribution is -2.45. The van der Waals surface area contributed by atoms with Crippen molar-refractivity contribution < 1.29 is 32.9 Å². The average molecular weight is 1060 g/mol. The van der Waals surface area contributed by atoms with Crippen LogP contribution in [0.1, 0.15) is 226 Å². The van der Waals surface area contributed by atoms with Gasteiger partial charge in [-0.15, -0.1) is 0 Å². The van der Waals surface area contributed by atoms with E-state index in [0.29, 0.717) is 17.4 Å². The molecule has 428 valence electrons. The Labute approximate surface area is 462 Å². The molecule has 3 unspecified atom stereocenters. The highest BCUT2D eigenvalue weighted by atomic mass is 31.2. The Morgan fingerprint density at radius 3 is 1.23 bits per heavy atom. The summed E-state index contributed by atoms with van der Waals surface area (Å²) in [6.07, 6.45) is 84.3. The minimum atomic E-state index is -4.38. The lowest BCUT2D eigenvalue weighted by Gasteiger charge is -2.25. The molecule has 0 saturated carbocycles. The van der Waals surface area contributed by atoms with Gasteiger partial charge in [-0.3, -0.25) is 13.8 Å². The molecule has 75 heavy (non-hydrogen) atoms. The van der Waals surface area contributed by atoms with E-state index >= 15 is 0 Å². The Morgan fingerprint density at radius 1 is 0.467 bits per heavy atom. The lowest BCUT2D eigenvalue weighted by molar-refractivity contribution is -0.870. The molecule has 9 heteroatoms. The molecule has 8 nitrogen and oxygen atoms in total. The van der Waals surface area contributed by atoms with Crippen LogP contribution < -0.4 is 5.32 Å². The second kappa shape index (κ2) is 55.4. The Bertz CT molecular complexity index is 1680. The van der Waals surface area contributed by atoms with Crippen LogP contribution in [0.3, 0.4) is 0 Å². The molecule has 3 N–H and O–H groups in total. The normalized spacial score (nSPS) is 14.8. The van der Waals surface area contributed by atoms with Gasteiger partial charge in [-0.1, -0.05) is 257 Å². The van der Waals surface area contributed by atoms with E-state index in [2.05, 4.69) is 141 Å². The first-order chi connectivity index (χ1) is 36.5. The van der Waals surface area contributed by atoms with Crippen LogP contribution in [-0.4, -0.2) is 73.4 Å². The van der Waals surface area contributed by atoms with Crippen molar-refractivity contribution in [3.8, 4) is 0 Å². The number of quaternary nitrogens is 1. The number of rotatable bonds is 53. The van der Waals surface area contributed by atoms with Crippen LogP contribution >= 0.6 is 7.82 Å². The molecule has 0 spiro atoms. The Morgan fingerprint density at radius 2 is 0.813 bits per heavy atom. The summed E-state index contributed by atoms with van der Waals surface area (Å²) in [7, 11) is 1.50. The quantitative estimate of drug-likeness (QED) is 0.0243. The number of nitrogens with zero attached hydrogens (tertiary/aromatic N) is 1. The smallest absolute Gasteiger partial charge is 0.387 e. The number of unbranched alkanes of at least 4 members (excludes halogenated alkanes) is 20. The molecule has 0 aliphatic rings. The third kappa shape index (κ3) is 58.2. The summed E-state index contributed by atoms with van der Waals surface area (Å²) < 4.78 is 23.7. The van der Waals surface area contributed by atoms with Gasteiger partial charge in [-0.05, 0) is 96.3 Å². The fraction of sp³-hybridized carbons (Fsp3) is 0.652. The summed E-state index contributed by atoms with van der Waals surface area (Å²) in [5.41, 5.74) is 0. The largest absolute Gasteiger partial charge is 0.472 e. The molecule has 0 fully saturated rings. The summed E-state index contributed by atoms with van der Waals surface area (Å²) in [6, 6.07) is -0.906. The SMILES string of the molecule is CC/C=C\C/C=C\C/C=C\C/C=C\C/C=C\C/C=C\C/C=C\C/C=C\C/C=C\CCCC(=O)NC(COP(=O)(O)OCC[N+](C)(C)C)C(O)/C=C/CC/C=C/CCCCCCCCCCCCCCCCCCCC. The number of hydrogen-bond donors (Lipinski definition) is 3. The van der Waals surface area contributed by atoms with Crippen molar-refractivity contribution in [2.75, 3.05) is 40.9 Å². The van der Waals surface area contributed by atoms with E-state index in [1.54, 1.807) is 6.08 Å². The first-order valence-corrected chi connectivity index (χ1v) is 31.6. The van der Waals surface area contributed by atoms with E-state index in [0.717, 1.165) is 83.5 Å². The highest BCUT2D eigenvalue weighted by Gasteiger charge is 2.27. The fourth-order valence-electron chi connectivity index (χ4n) is 7.94. The molecule has 0 aliphatic heterocycles. The van der Waals surface area contributed by atoms with Gasteiger partial charge >= 0.3 is 7.82 Å². The number of aliphatic hydroxyl groups is 1. The first-order valence-electron chi connectivity index (χ1n) is 30.1. The molecule has 0 bridgehead atoms. The molecule has 3 atom stereocenters. The minimum absolute atomic E-state index is 0.0376. The molecule has 0 radical (unpaired) electrons. The van der Waals surface area contributed by atoms with Crippen LogP contribution in [0, 0.1) is 0 Å². The van der Waals surface area contributed by atoms with Crippen molar-refractivity contribution >= 4 is 13.7 Å². The van der Waals surface area contributed by atoms with Crippen LogP contribution in [0.25, 0.3) is 0 Å². The number of aliphatic hydroxyl groups excluding tert-OH is 1. The van der Waals surface area contributed by atoms with Crippen LogP contribution in [0.15, 0.2) is 134 Å². The maximum Gasteiger partial charge on any atom is 0.472 e. The molecule has 0 aliphatic carbocycles. The second-order valence-corrected chi connectivity index (χ2v) is 22.4. The zero-order chi connectivity index (χ0) is 54.9. The van der Waals surface area contributed by atoms with Gasteiger partial charge in [0, 0.05) is 6.42 Å². The minimum Gasteiger partial charge on any atom is -0.387 e. The van der Waals surface area contributed by atoms with E-state index in [9.17, 15) is 19.4 Å². The monoisotopic (exact) mass is 1060 g/mol. The standard InChI is InChI=1S/C66H113N2O6P/c1-6-8-10-12-14-16-18-20-22-24-26-28-30-32-33-34-35-36-38-40-42-44-46-48-50-52-54-56-58-60-66(70)67-64(63-74-75(71,72)73-62-61-68(3,4)5)65(69)59-57-55-53-51-49-47-45-43-41-39-37-31-29-27-25-23-21-19-17-15-13-11-9-7-2/h8,10,14,16,20,22,26,28,32-33,35-36,40,42,46,48-49,51-52,54,57,59,64-65,69H,6-7,9,11-13,15,17-19,21,23-25,27,29-31,34,37-39,41,43-45,47,50,53,55-56,58,60-63H2,1-5H3,(H-,67,70,71,72)/p+1/b10-8-,16-14-,22-20-,28-26-,33-32-,36-35-,42-40-,48-46-,51-49+,54-52-,59-57+. The van der Waals surface area contributed by atoms with Gasteiger partial charge in [0.2, 0.25) is 5.91 Å². The molecular formula is C66H114N2O6P+. The van der Waals surface area contributed by atoms with Gasteiger partial charge in [0.1, 0.15) is 13.2 Å². The van der Waals surface area contributed by atoms with E-state index in [-0.39, 0.29) is 25.5 Å². The molecule has 0 aromatic carbocycles. The van der Waals surface area contributed by atoms with Gasteiger partial charge in [0.05, 0.1) is 39.9 Å². The van der Waals surface area contributed by atoms with Crippen molar-refractivity contribution in [2.24, 2.45) is 0 Å². The molecule has 0 aromatic rings. The van der Waals surface area contributed by atoms with Gasteiger partial charge < -0.3 is 19.8 Å². The number of nitrogens with one attached hydrogen (secondary N) is 1. The van der Waals surface area contributed by atoms with Crippen LogP contribution in [-0.2, 0) is 18.4 Å². The summed E-state index contributed by atoms with van der Waals surface area (Å²) in [5.74, 6) is -0.249. The molecule has 0 aromatic heterocycles. The number of carbonyl (C=O) groups is 1. The van der Waals surface area contributed by atoms with Crippen molar-refractivity contribution in [3.63, 3.8) is 0 Å². The number of phosphoric ester groups is 1. The predicted octanol–water partition coefficient (Wildman–Crippen LogP) is 18.7. The van der Waals surface area contributed by atoms with Crippen molar-refractivity contribution in [1.29, 1.82) is 0 Å². The van der Waals surface area contributed by atoms with Gasteiger partial charge in [0.15, 0.2) is 0 Å². The zero-order valence-electron chi connectivity index (χ0n) is 48.7. The number of allylic oxidation sites excluding steroid dienone is 21.